The molecule has 26 heavy (non-hydrogen) atoms. The summed E-state index contributed by atoms with van der Waals surface area (Å²) in [4.78, 5) is 12.6. The summed E-state index contributed by atoms with van der Waals surface area (Å²) >= 11 is 0. The summed E-state index contributed by atoms with van der Waals surface area (Å²) in [5, 5.41) is 12.7. The summed E-state index contributed by atoms with van der Waals surface area (Å²) in [6, 6.07) is 20.3. The van der Waals surface area contributed by atoms with E-state index in [9.17, 15) is 10.1 Å². The van der Waals surface area contributed by atoms with Gasteiger partial charge in [0.25, 0.3) is 0 Å². The fourth-order valence-electron chi connectivity index (χ4n) is 4.61. The number of hydrogen-bond acceptors (Lipinski definition) is 2. The van der Waals surface area contributed by atoms with Crippen molar-refractivity contribution < 1.29 is 4.79 Å². The van der Waals surface area contributed by atoms with Gasteiger partial charge in [0, 0.05) is 16.7 Å². The number of benzene rings is 2. The van der Waals surface area contributed by atoms with Gasteiger partial charge >= 0.3 is 0 Å². The molecule has 2 aromatic rings. The van der Waals surface area contributed by atoms with Crippen molar-refractivity contribution in [2.24, 2.45) is 0 Å². The number of nitriles is 1. The Balaban J connectivity index is 1.67. The molecule has 130 valence electrons. The van der Waals surface area contributed by atoms with E-state index in [1.807, 2.05) is 36.4 Å². The number of nitrogens with zero attached hydrogens (tertiary/aromatic N) is 1. The minimum absolute atomic E-state index is 0.0730. The Morgan fingerprint density at radius 1 is 1.04 bits per heavy atom. The van der Waals surface area contributed by atoms with E-state index < -0.39 is 0 Å². The maximum absolute atomic E-state index is 12.6. The average Bonchev–Trinajstić information content (AvgIpc) is 3.14. The van der Waals surface area contributed by atoms with E-state index in [-0.39, 0.29) is 17.7 Å². The normalized spacial score (nSPS) is 17.7. The number of para-hydroxylation sites is 1. The van der Waals surface area contributed by atoms with Crippen LogP contribution in [-0.2, 0) is 10.2 Å². The van der Waals surface area contributed by atoms with Gasteiger partial charge in [-0.1, -0.05) is 55.3 Å². The van der Waals surface area contributed by atoms with Crippen LogP contribution in [-0.4, -0.2) is 5.91 Å². The molecule has 1 spiro atoms. The van der Waals surface area contributed by atoms with Gasteiger partial charge in [0.2, 0.25) is 5.91 Å². The number of rotatable bonds is 3. The first-order valence-corrected chi connectivity index (χ1v) is 9.29. The number of carbonyl (C=O) groups excluding carboxylic acids is 1. The van der Waals surface area contributed by atoms with E-state index in [2.05, 4.69) is 29.6 Å². The molecule has 0 aromatic heterocycles. The van der Waals surface area contributed by atoms with Gasteiger partial charge in [-0.05, 0) is 48.1 Å². The van der Waals surface area contributed by atoms with Crippen LogP contribution in [0.3, 0.4) is 0 Å². The van der Waals surface area contributed by atoms with Gasteiger partial charge < -0.3 is 5.32 Å². The van der Waals surface area contributed by atoms with Crippen LogP contribution in [0.15, 0.2) is 60.2 Å². The number of hydrogen-bond donors (Lipinski definition) is 1. The third kappa shape index (κ3) is 2.93. The topological polar surface area (TPSA) is 52.9 Å². The number of nitrogens with one attached hydrogen (secondary N) is 1. The van der Waals surface area contributed by atoms with Crippen LogP contribution in [0.1, 0.15) is 49.7 Å². The summed E-state index contributed by atoms with van der Waals surface area (Å²) < 4.78 is 0. The molecule has 2 aliphatic carbocycles. The van der Waals surface area contributed by atoms with Crippen LogP contribution >= 0.6 is 0 Å². The van der Waals surface area contributed by atoms with Crippen molar-refractivity contribution in [3.63, 3.8) is 0 Å². The molecule has 0 atom stereocenters. The highest BCUT2D eigenvalue weighted by Crippen LogP contribution is 2.52. The van der Waals surface area contributed by atoms with Crippen LogP contribution in [0, 0.1) is 11.3 Å². The van der Waals surface area contributed by atoms with Crippen LogP contribution in [0.5, 0.6) is 0 Å². The molecule has 0 bridgehead atoms. The number of fused-ring (bicyclic) bond motifs is 2. The monoisotopic (exact) mass is 342 g/mol. The summed E-state index contributed by atoms with van der Waals surface area (Å²) in [6.45, 7) is 0. The molecule has 3 heteroatoms. The van der Waals surface area contributed by atoms with Crippen molar-refractivity contribution in [1.82, 2.24) is 0 Å². The third-order valence-corrected chi connectivity index (χ3v) is 5.79. The van der Waals surface area contributed by atoms with E-state index in [1.54, 1.807) is 0 Å². The number of anilines is 1. The fraction of sp³-hybridized carbons (Fsp3) is 0.304. The van der Waals surface area contributed by atoms with Crippen LogP contribution < -0.4 is 5.32 Å². The molecule has 4 rings (SSSR count). The molecule has 0 unspecified atom stereocenters. The van der Waals surface area contributed by atoms with Gasteiger partial charge in [-0.25, -0.2) is 0 Å². The third-order valence-electron chi connectivity index (χ3n) is 5.79. The number of carbonyl (C=O) groups is 1. The zero-order chi connectivity index (χ0) is 18.0. The average molecular weight is 342 g/mol. The summed E-state index contributed by atoms with van der Waals surface area (Å²) in [5.74, 6) is -0.0730. The predicted molar refractivity (Wildman–Crippen MR) is 103 cm³/mol. The second-order valence-electron chi connectivity index (χ2n) is 7.37. The molecule has 0 aliphatic heterocycles. The van der Waals surface area contributed by atoms with Crippen LogP contribution in [0.25, 0.3) is 5.57 Å². The van der Waals surface area contributed by atoms with Crippen molar-refractivity contribution in [1.29, 1.82) is 5.26 Å². The minimum atomic E-state index is -0.0730. The van der Waals surface area contributed by atoms with Gasteiger partial charge in [-0.2, -0.15) is 5.26 Å². The minimum Gasteiger partial charge on any atom is -0.326 e. The van der Waals surface area contributed by atoms with E-state index >= 15 is 0 Å². The van der Waals surface area contributed by atoms with Gasteiger partial charge in [0.1, 0.15) is 0 Å². The molecular formula is C23H22N2O. The molecule has 3 nitrogen and oxygen atoms in total. The molecule has 1 fully saturated rings. The Kier molecular flexibility index (Phi) is 4.34. The largest absolute Gasteiger partial charge is 0.326 e. The first-order chi connectivity index (χ1) is 12.7. The first-order valence-electron chi connectivity index (χ1n) is 9.29. The fourth-order valence-corrected chi connectivity index (χ4v) is 4.61. The zero-order valence-electron chi connectivity index (χ0n) is 14.8. The van der Waals surface area contributed by atoms with Crippen molar-refractivity contribution in [3.05, 3.63) is 71.3 Å². The standard InChI is InChI=1S/C23H22N2O/c24-16-17-15-23(12-6-7-13-23)21-11-5-4-10-19(21)20(17)14-22(26)25-18-8-2-1-3-9-18/h1-5,8-11H,6-7,12-15H2,(H,25,26). The maximum Gasteiger partial charge on any atom is 0.228 e. The van der Waals surface area contributed by atoms with Gasteiger partial charge in [-0.15, -0.1) is 0 Å². The van der Waals surface area contributed by atoms with E-state index in [1.165, 1.54) is 18.4 Å². The second-order valence-corrected chi connectivity index (χ2v) is 7.37. The smallest absolute Gasteiger partial charge is 0.228 e. The van der Waals surface area contributed by atoms with E-state index in [0.29, 0.717) is 0 Å². The lowest BCUT2D eigenvalue weighted by Gasteiger charge is -2.36. The maximum atomic E-state index is 12.6. The van der Waals surface area contributed by atoms with Crippen LogP contribution in [0.4, 0.5) is 5.69 Å². The SMILES string of the molecule is N#CC1=C(CC(=O)Nc2ccccc2)c2ccccc2C2(CCCC2)C1. The summed E-state index contributed by atoms with van der Waals surface area (Å²) in [6.07, 6.45) is 5.73. The van der Waals surface area contributed by atoms with Crippen molar-refractivity contribution in [3.8, 4) is 6.07 Å². The highest BCUT2D eigenvalue weighted by atomic mass is 16.1. The lowest BCUT2D eigenvalue weighted by atomic mass is 9.66. The molecule has 2 aromatic carbocycles. The summed E-state index contributed by atoms with van der Waals surface area (Å²) in [7, 11) is 0. The van der Waals surface area contributed by atoms with Crippen molar-refractivity contribution in [2.45, 2.75) is 43.9 Å². The van der Waals surface area contributed by atoms with Crippen molar-refractivity contribution in [2.75, 3.05) is 5.32 Å². The Morgan fingerprint density at radius 2 is 1.73 bits per heavy atom. The highest BCUT2D eigenvalue weighted by molar-refractivity contribution is 5.99. The Morgan fingerprint density at radius 3 is 2.46 bits per heavy atom. The highest BCUT2D eigenvalue weighted by Gasteiger charge is 2.41. The Labute approximate surface area is 154 Å². The number of allylic oxidation sites excluding steroid dienone is 1. The van der Waals surface area contributed by atoms with Gasteiger partial charge in [-0.3, -0.25) is 4.79 Å². The molecule has 2 aliphatic rings. The van der Waals surface area contributed by atoms with E-state index in [4.69, 9.17) is 0 Å². The molecule has 0 saturated heterocycles. The zero-order valence-corrected chi connectivity index (χ0v) is 14.8. The molecule has 0 heterocycles. The molecule has 1 saturated carbocycles. The molecule has 1 N–H and O–H groups in total. The Hall–Kier alpha value is -2.86. The summed E-state index contributed by atoms with van der Waals surface area (Å²) in [5.41, 5.74) is 5.00. The lowest BCUT2D eigenvalue weighted by Crippen LogP contribution is -2.28. The number of amides is 1. The lowest BCUT2D eigenvalue weighted by molar-refractivity contribution is -0.115. The Bertz CT molecular complexity index is 899. The van der Waals surface area contributed by atoms with Gasteiger partial charge in [0.15, 0.2) is 0 Å². The molecular weight excluding hydrogens is 320 g/mol. The van der Waals surface area contributed by atoms with Crippen LogP contribution in [0.2, 0.25) is 0 Å². The van der Waals surface area contributed by atoms with E-state index in [0.717, 1.165) is 41.7 Å². The molecule has 0 radical (unpaired) electrons. The molecule has 1 amide bonds. The van der Waals surface area contributed by atoms with Gasteiger partial charge in [0.05, 0.1) is 12.5 Å². The first kappa shape index (κ1) is 16.6. The quantitative estimate of drug-likeness (QED) is 0.832. The second kappa shape index (κ2) is 6.80. The van der Waals surface area contributed by atoms with Crippen molar-refractivity contribution >= 4 is 17.2 Å². The predicted octanol–water partition coefficient (Wildman–Crippen LogP) is 5.21.